The molecule has 0 atom stereocenters. The van der Waals surface area contributed by atoms with Gasteiger partial charge in [0, 0.05) is 16.2 Å². The second-order valence-corrected chi connectivity index (χ2v) is 4.85. The van der Waals surface area contributed by atoms with Gasteiger partial charge in [0.05, 0.1) is 12.8 Å². The van der Waals surface area contributed by atoms with Crippen LogP contribution in [-0.4, -0.2) is 12.1 Å². The maximum Gasteiger partial charge on any atom is 0.215 e. The third-order valence-corrected chi connectivity index (χ3v) is 2.87. The number of pyridine rings is 1. The number of halogens is 1. The summed E-state index contributed by atoms with van der Waals surface area (Å²) in [6, 6.07) is 9.51. The first-order valence-electron chi connectivity index (χ1n) is 5.43. The minimum absolute atomic E-state index is 0.526. The van der Waals surface area contributed by atoms with E-state index in [-0.39, 0.29) is 0 Å². The van der Waals surface area contributed by atoms with E-state index >= 15 is 0 Å². The summed E-state index contributed by atoms with van der Waals surface area (Å²) in [5.41, 5.74) is 8.52. The van der Waals surface area contributed by atoms with Crippen LogP contribution >= 0.6 is 15.9 Å². The van der Waals surface area contributed by atoms with E-state index < -0.39 is 0 Å². The van der Waals surface area contributed by atoms with Crippen molar-refractivity contribution in [3.8, 4) is 5.88 Å². The maximum absolute atomic E-state index is 5.88. The number of nitrogens with two attached hydrogens (primary N) is 1. The Labute approximate surface area is 114 Å². The molecule has 0 unspecified atom stereocenters. The van der Waals surface area contributed by atoms with E-state index in [4.69, 9.17) is 10.5 Å². The number of nitrogen functional groups attached to an aromatic ring is 1. The number of benzene rings is 1. The number of aryl methyl sites for hydroxylation is 1. The Hall–Kier alpha value is -1.75. The summed E-state index contributed by atoms with van der Waals surface area (Å²) >= 11 is 3.46. The minimum Gasteiger partial charge on any atom is -0.481 e. The van der Waals surface area contributed by atoms with Gasteiger partial charge in [0.15, 0.2) is 5.82 Å². The number of methoxy groups -OCH3 is 1. The van der Waals surface area contributed by atoms with Crippen molar-refractivity contribution in [1.29, 1.82) is 0 Å². The molecular formula is C13H14BrN3O. The number of anilines is 3. The molecule has 0 amide bonds. The van der Waals surface area contributed by atoms with Gasteiger partial charge >= 0.3 is 0 Å². The van der Waals surface area contributed by atoms with Gasteiger partial charge in [0.1, 0.15) is 0 Å². The van der Waals surface area contributed by atoms with Gasteiger partial charge in [-0.2, -0.15) is 4.98 Å². The first kappa shape index (κ1) is 12.7. The van der Waals surface area contributed by atoms with Crippen molar-refractivity contribution < 1.29 is 4.74 Å². The fraction of sp³-hybridized carbons (Fsp3) is 0.154. The van der Waals surface area contributed by atoms with Crippen LogP contribution in [0.4, 0.5) is 17.2 Å². The largest absolute Gasteiger partial charge is 0.481 e. The molecule has 94 valence electrons. The van der Waals surface area contributed by atoms with Gasteiger partial charge in [0.25, 0.3) is 0 Å². The van der Waals surface area contributed by atoms with E-state index in [1.165, 1.54) is 0 Å². The quantitative estimate of drug-likeness (QED) is 0.911. The van der Waals surface area contributed by atoms with E-state index in [0.29, 0.717) is 17.4 Å². The lowest BCUT2D eigenvalue weighted by Gasteiger charge is -2.10. The molecule has 2 aromatic rings. The maximum atomic E-state index is 5.88. The normalized spacial score (nSPS) is 10.2. The lowest BCUT2D eigenvalue weighted by Crippen LogP contribution is -2.00. The first-order valence-corrected chi connectivity index (χ1v) is 6.22. The van der Waals surface area contributed by atoms with Crippen LogP contribution in [0.5, 0.6) is 5.88 Å². The number of ether oxygens (including phenoxy) is 1. The molecule has 5 heteroatoms. The van der Waals surface area contributed by atoms with Crippen LogP contribution in [0.25, 0.3) is 0 Å². The Morgan fingerprint density at radius 2 is 2.06 bits per heavy atom. The zero-order valence-electron chi connectivity index (χ0n) is 10.2. The average Bonchev–Trinajstić information content (AvgIpc) is 2.30. The second-order valence-electron chi connectivity index (χ2n) is 3.93. The van der Waals surface area contributed by atoms with E-state index in [2.05, 4.69) is 26.2 Å². The van der Waals surface area contributed by atoms with Gasteiger partial charge in [-0.15, -0.1) is 0 Å². The number of nitrogens with one attached hydrogen (secondary N) is 1. The summed E-state index contributed by atoms with van der Waals surface area (Å²) < 4.78 is 6.09. The number of aromatic nitrogens is 1. The number of rotatable bonds is 3. The second kappa shape index (κ2) is 5.27. The topological polar surface area (TPSA) is 60.2 Å². The zero-order valence-corrected chi connectivity index (χ0v) is 11.8. The number of hydrogen-bond acceptors (Lipinski definition) is 4. The third kappa shape index (κ3) is 2.92. The smallest absolute Gasteiger partial charge is 0.215 e. The fourth-order valence-corrected chi connectivity index (χ4v) is 2.22. The molecule has 1 aromatic carbocycles. The summed E-state index contributed by atoms with van der Waals surface area (Å²) in [5.74, 6) is 1.12. The first-order chi connectivity index (χ1) is 8.58. The van der Waals surface area contributed by atoms with Crippen LogP contribution < -0.4 is 15.8 Å². The molecule has 3 N–H and O–H groups in total. The van der Waals surface area contributed by atoms with Gasteiger partial charge in [-0.05, 0) is 36.8 Å². The zero-order chi connectivity index (χ0) is 13.1. The molecule has 18 heavy (non-hydrogen) atoms. The SMILES string of the molecule is COc1ccc(N)c(Nc2cc(C)cc(Br)c2)n1. The molecule has 0 spiro atoms. The lowest BCUT2D eigenvalue weighted by molar-refractivity contribution is 0.398. The molecule has 0 saturated carbocycles. The van der Waals surface area contributed by atoms with Crippen molar-refractivity contribution in [3.63, 3.8) is 0 Å². The van der Waals surface area contributed by atoms with Crippen molar-refractivity contribution >= 4 is 33.1 Å². The Morgan fingerprint density at radius 3 is 2.72 bits per heavy atom. The van der Waals surface area contributed by atoms with E-state index in [1.807, 2.05) is 25.1 Å². The molecule has 0 aliphatic carbocycles. The molecule has 0 aliphatic rings. The van der Waals surface area contributed by atoms with Crippen molar-refractivity contribution in [3.05, 3.63) is 40.4 Å². The summed E-state index contributed by atoms with van der Waals surface area (Å²) in [6.07, 6.45) is 0. The fourth-order valence-electron chi connectivity index (χ4n) is 1.61. The summed E-state index contributed by atoms with van der Waals surface area (Å²) in [6.45, 7) is 2.03. The molecule has 0 fully saturated rings. The van der Waals surface area contributed by atoms with Gasteiger partial charge in [-0.25, -0.2) is 0 Å². The van der Waals surface area contributed by atoms with Crippen molar-refractivity contribution in [2.24, 2.45) is 0 Å². The summed E-state index contributed by atoms with van der Waals surface area (Å²) in [5, 5.41) is 3.18. The molecule has 4 nitrogen and oxygen atoms in total. The highest BCUT2D eigenvalue weighted by molar-refractivity contribution is 9.10. The van der Waals surface area contributed by atoms with E-state index in [0.717, 1.165) is 15.7 Å². The minimum atomic E-state index is 0.526. The summed E-state index contributed by atoms with van der Waals surface area (Å²) in [7, 11) is 1.57. The van der Waals surface area contributed by atoms with Crippen molar-refractivity contribution in [2.75, 3.05) is 18.2 Å². The van der Waals surface area contributed by atoms with E-state index in [1.54, 1.807) is 19.2 Å². The van der Waals surface area contributed by atoms with Crippen LogP contribution in [-0.2, 0) is 0 Å². The predicted octanol–water partition coefficient (Wildman–Crippen LogP) is 3.49. The van der Waals surface area contributed by atoms with E-state index in [9.17, 15) is 0 Å². The highest BCUT2D eigenvalue weighted by Gasteiger charge is 2.04. The van der Waals surface area contributed by atoms with Crippen LogP contribution in [0.15, 0.2) is 34.8 Å². The molecule has 0 saturated heterocycles. The van der Waals surface area contributed by atoms with Gasteiger partial charge in [-0.1, -0.05) is 15.9 Å². The number of hydrogen-bond donors (Lipinski definition) is 2. The lowest BCUT2D eigenvalue weighted by atomic mass is 10.2. The molecule has 1 heterocycles. The van der Waals surface area contributed by atoms with Gasteiger partial charge < -0.3 is 15.8 Å². The highest BCUT2D eigenvalue weighted by Crippen LogP contribution is 2.26. The number of nitrogens with zero attached hydrogens (tertiary/aromatic N) is 1. The molecular weight excluding hydrogens is 294 g/mol. The summed E-state index contributed by atoms with van der Waals surface area (Å²) in [4.78, 5) is 4.27. The molecule has 0 aliphatic heterocycles. The van der Waals surface area contributed by atoms with Crippen LogP contribution in [0.2, 0.25) is 0 Å². The molecule has 2 rings (SSSR count). The Kier molecular flexibility index (Phi) is 3.72. The standard InChI is InChI=1S/C13H14BrN3O/c1-8-5-9(14)7-10(6-8)16-13-11(15)3-4-12(17-13)18-2/h3-7H,15H2,1-2H3,(H,16,17). The predicted molar refractivity (Wildman–Crippen MR) is 77.4 cm³/mol. The van der Waals surface area contributed by atoms with Crippen LogP contribution in [0.1, 0.15) is 5.56 Å². The van der Waals surface area contributed by atoms with Crippen molar-refractivity contribution in [1.82, 2.24) is 4.98 Å². The molecule has 0 bridgehead atoms. The molecule has 1 aromatic heterocycles. The van der Waals surface area contributed by atoms with Gasteiger partial charge in [-0.3, -0.25) is 0 Å². The monoisotopic (exact) mass is 307 g/mol. The Bertz CT molecular complexity index is 552. The van der Waals surface area contributed by atoms with Crippen molar-refractivity contribution in [2.45, 2.75) is 6.92 Å². The Balaban J connectivity index is 2.33. The Morgan fingerprint density at radius 1 is 1.28 bits per heavy atom. The third-order valence-electron chi connectivity index (χ3n) is 2.41. The van der Waals surface area contributed by atoms with Crippen LogP contribution in [0, 0.1) is 6.92 Å². The average molecular weight is 308 g/mol. The van der Waals surface area contributed by atoms with Crippen LogP contribution in [0.3, 0.4) is 0 Å². The highest BCUT2D eigenvalue weighted by atomic mass is 79.9. The van der Waals surface area contributed by atoms with Gasteiger partial charge in [0.2, 0.25) is 5.88 Å². The molecule has 0 radical (unpaired) electrons.